The Labute approximate surface area is 120 Å². The van der Waals surface area contributed by atoms with Gasteiger partial charge in [-0.2, -0.15) is 0 Å². The van der Waals surface area contributed by atoms with Gasteiger partial charge in [0.1, 0.15) is 5.75 Å². The summed E-state index contributed by atoms with van der Waals surface area (Å²) in [6, 6.07) is 4.41. The van der Waals surface area contributed by atoms with Crippen LogP contribution < -0.4 is 4.90 Å². The van der Waals surface area contributed by atoms with Crippen LogP contribution in [0.25, 0.3) is 0 Å². The fourth-order valence-corrected chi connectivity index (χ4v) is 3.97. The number of anilines is 1. The average Bonchev–Trinajstić information content (AvgIpc) is 3.08. The average molecular weight is 290 g/mol. The van der Waals surface area contributed by atoms with Crippen molar-refractivity contribution in [2.75, 3.05) is 4.90 Å². The molecule has 1 aliphatic heterocycles. The van der Waals surface area contributed by atoms with Gasteiger partial charge in [-0.15, -0.1) is 0 Å². The fraction of sp³-hybridized carbons (Fsp3) is 0.333. The molecule has 4 rings (SSSR count). The number of phenols is 1. The lowest BCUT2D eigenvalue weighted by atomic mass is 9.85. The van der Waals surface area contributed by atoms with E-state index in [1.165, 1.54) is 17.0 Å². The van der Waals surface area contributed by atoms with Crippen LogP contribution >= 0.6 is 11.6 Å². The number of amides is 2. The molecule has 3 aliphatic rings. The number of nitrogens with zero attached hydrogens (tertiary/aromatic N) is 1. The highest BCUT2D eigenvalue weighted by atomic mass is 35.5. The third-order valence-corrected chi connectivity index (χ3v) is 4.96. The summed E-state index contributed by atoms with van der Waals surface area (Å²) in [5.41, 5.74) is 0.441. The van der Waals surface area contributed by atoms with Crippen molar-refractivity contribution in [2.24, 2.45) is 23.7 Å². The molecule has 2 amide bonds. The molecule has 4 nitrogen and oxygen atoms in total. The van der Waals surface area contributed by atoms with Crippen molar-refractivity contribution in [1.82, 2.24) is 0 Å². The molecule has 1 aromatic rings. The van der Waals surface area contributed by atoms with Crippen LogP contribution in [0.4, 0.5) is 5.69 Å². The zero-order valence-electron chi connectivity index (χ0n) is 10.5. The summed E-state index contributed by atoms with van der Waals surface area (Å²) in [6.45, 7) is 0. The van der Waals surface area contributed by atoms with Crippen molar-refractivity contribution < 1.29 is 14.7 Å². The number of carbonyl (C=O) groups excluding carboxylic acids is 2. The first-order valence-corrected chi connectivity index (χ1v) is 7.00. The minimum atomic E-state index is -0.218. The van der Waals surface area contributed by atoms with Crippen molar-refractivity contribution in [3.8, 4) is 5.75 Å². The Bertz CT molecular complexity index is 639. The molecular weight excluding hydrogens is 278 g/mol. The molecule has 1 aromatic carbocycles. The van der Waals surface area contributed by atoms with E-state index < -0.39 is 0 Å². The van der Waals surface area contributed by atoms with Crippen LogP contribution in [0.15, 0.2) is 30.4 Å². The third kappa shape index (κ3) is 1.37. The number of rotatable bonds is 1. The fourth-order valence-electron chi connectivity index (χ4n) is 3.79. The largest absolute Gasteiger partial charge is 0.506 e. The molecule has 1 N–H and O–H groups in total. The molecule has 102 valence electrons. The molecule has 0 spiro atoms. The maximum atomic E-state index is 12.5. The molecule has 5 heteroatoms. The molecule has 0 radical (unpaired) electrons. The molecule has 2 fully saturated rings. The first-order valence-electron chi connectivity index (χ1n) is 6.62. The molecule has 4 atom stereocenters. The summed E-state index contributed by atoms with van der Waals surface area (Å²) in [7, 11) is 0. The van der Waals surface area contributed by atoms with Crippen molar-refractivity contribution in [3.63, 3.8) is 0 Å². The summed E-state index contributed by atoms with van der Waals surface area (Å²) in [4.78, 5) is 26.3. The number of imide groups is 1. The van der Waals surface area contributed by atoms with E-state index in [2.05, 4.69) is 12.2 Å². The van der Waals surface area contributed by atoms with Crippen LogP contribution in [0.1, 0.15) is 6.42 Å². The van der Waals surface area contributed by atoms with Gasteiger partial charge in [0.05, 0.1) is 22.5 Å². The Morgan fingerprint density at radius 1 is 1.10 bits per heavy atom. The van der Waals surface area contributed by atoms with Gasteiger partial charge in [-0.05, 0) is 36.5 Å². The molecular formula is C15H12ClNO3. The molecule has 1 saturated heterocycles. The monoisotopic (exact) mass is 289 g/mol. The molecule has 1 heterocycles. The Balaban J connectivity index is 1.76. The number of halogens is 1. The van der Waals surface area contributed by atoms with E-state index in [4.69, 9.17) is 11.6 Å². The Morgan fingerprint density at radius 2 is 1.70 bits per heavy atom. The summed E-state index contributed by atoms with van der Waals surface area (Å²) < 4.78 is 0. The van der Waals surface area contributed by atoms with Crippen molar-refractivity contribution >= 4 is 29.1 Å². The number of aromatic hydroxyl groups is 1. The lowest BCUT2D eigenvalue weighted by molar-refractivity contribution is -0.123. The lowest BCUT2D eigenvalue weighted by Gasteiger charge is -2.17. The molecule has 20 heavy (non-hydrogen) atoms. The van der Waals surface area contributed by atoms with Gasteiger partial charge < -0.3 is 5.11 Å². The number of carbonyl (C=O) groups is 2. The van der Waals surface area contributed by atoms with Crippen LogP contribution in [0.5, 0.6) is 5.75 Å². The molecule has 2 aliphatic carbocycles. The highest BCUT2D eigenvalue weighted by Gasteiger charge is 2.59. The van der Waals surface area contributed by atoms with Crippen molar-refractivity contribution in [2.45, 2.75) is 6.42 Å². The standard InChI is InChI=1S/C15H12ClNO3/c16-10-6-9(3-4-11(10)18)17-14(19)12-7-1-2-8(5-7)13(12)15(17)20/h1-4,6-8,12-13,18H,5H2. The zero-order valence-corrected chi connectivity index (χ0v) is 11.2. The van der Waals surface area contributed by atoms with Gasteiger partial charge in [-0.1, -0.05) is 23.8 Å². The maximum absolute atomic E-state index is 12.5. The van der Waals surface area contributed by atoms with E-state index in [-0.39, 0.29) is 46.3 Å². The topological polar surface area (TPSA) is 57.6 Å². The molecule has 1 saturated carbocycles. The Kier molecular flexibility index (Phi) is 2.31. The van der Waals surface area contributed by atoms with Gasteiger partial charge >= 0.3 is 0 Å². The van der Waals surface area contributed by atoms with Crippen LogP contribution in [0.2, 0.25) is 5.02 Å². The third-order valence-electron chi connectivity index (χ3n) is 4.66. The quantitative estimate of drug-likeness (QED) is 0.638. The normalized spacial score (nSPS) is 34.1. The predicted octanol–water partition coefficient (Wildman–Crippen LogP) is 2.36. The van der Waals surface area contributed by atoms with Crippen LogP contribution in [0, 0.1) is 23.7 Å². The van der Waals surface area contributed by atoms with E-state index >= 15 is 0 Å². The second-order valence-electron chi connectivity index (χ2n) is 5.65. The smallest absolute Gasteiger partial charge is 0.238 e. The van der Waals surface area contributed by atoms with Crippen LogP contribution in [-0.2, 0) is 9.59 Å². The van der Waals surface area contributed by atoms with Gasteiger partial charge in [-0.25, -0.2) is 4.90 Å². The van der Waals surface area contributed by atoms with E-state index in [1.54, 1.807) is 6.07 Å². The summed E-state index contributed by atoms with van der Waals surface area (Å²) in [5, 5.41) is 9.58. The number of hydrogen-bond donors (Lipinski definition) is 1. The van der Waals surface area contributed by atoms with Crippen molar-refractivity contribution in [3.05, 3.63) is 35.4 Å². The molecule has 2 bridgehead atoms. The van der Waals surface area contributed by atoms with Gasteiger partial charge in [0.25, 0.3) is 0 Å². The van der Waals surface area contributed by atoms with E-state index in [9.17, 15) is 14.7 Å². The van der Waals surface area contributed by atoms with Gasteiger partial charge in [0.15, 0.2) is 0 Å². The summed E-state index contributed by atoms with van der Waals surface area (Å²) in [5.74, 6) is -0.387. The minimum Gasteiger partial charge on any atom is -0.506 e. The number of hydrogen-bond acceptors (Lipinski definition) is 3. The SMILES string of the molecule is O=C1C2C3C=CC(C3)C2C(=O)N1c1ccc(O)c(Cl)c1. The minimum absolute atomic E-state index is 0.0589. The number of fused-ring (bicyclic) bond motifs is 5. The van der Waals surface area contributed by atoms with Crippen LogP contribution in [-0.4, -0.2) is 16.9 Å². The van der Waals surface area contributed by atoms with Crippen LogP contribution in [0.3, 0.4) is 0 Å². The highest BCUT2D eigenvalue weighted by molar-refractivity contribution is 6.32. The summed E-state index contributed by atoms with van der Waals surface area (Å²) in [6.07, 6.45) is 5.03. The van der Waals surface area contributed by atoms with Crippen molar-refractivity contribution in [1.29, 1.82) is 0 Å². The highest BCUT2D eigenvalue weighted by Crippen LogP contribution is 2.53. The first kappa shape index (κ1) is 12.0. The number of allylic oxidation sites excluding steroid dienone is 2. The van der Waals surface area contributed by atoms with Gasteiger partial charge in [0.2, 0.25) is 11.8 Å². The van der Waals surface area contributed by atoms with Gasteiger partial charge in [-0.3, -0.25) is 9.59 Å². The lowest BCUT2D eigenvalue weighted by Crippen LogP contribution is -2.32. The van der Waals surface area contributed by atoms with E-state index in [0.717, 1.165) is 6.42 Å². The second-order valence-corrected chi connectivity index (χ2v) is 6.05. The first-order chi connectivity index (χ1) is 9.58. The Hall–Kier alpha value is -1.81. The Morgan fingerprint density at radius 3 is 2.25 bits per heavy atom. The second kappa shape index (κ2) is 3.85. The number of phenolic OH excluding ortho intramolecular Hbond substituents is 1. The molecule has 4 unspecified atom stereocenters. The summed E-state index contributed by atoms with van der Waals surface area (Å²) >= 11 is 5.87. The number of benzene rings is 1. The van der Waals surface area contributed by atoms with E-state index in [0.29, 0.717) is 5.69 Å². The van der Waals surface area contributed by atoms with Gasteiger partial charge in [0, 0.05) is 0 Å². The predicted molar refractivity (Wildman–Crippen MR) is 73.3 cm³/mol. The molecule has 0 aromatic heterocycles. The maximum Gasteiger partial charge on any atom is 0.238 e. The zero-order chi connectivity index (χ0) is 14.0. The van der Waals surface area contributed by atoms with E-state index in [1.807, 2.05) is 0 Å².